The van der Waals surface area contributed by atoms with Crippen molar-refractivity contribution in [2.24, 2.45) is 0 Å². The summed E-state index contributed by atoms with van der Waals surface area (Å²) in [6.07, 6.45) is -4.77. The molecule has 0 aromatic heterocycles. The molecule has 20 heavy (non-hydrogen) atoms. The van der Waals surface area contributed by atoms with Gasteiger partial charge in [-0.25, -0.2) is 0 Å². The molecule has 0 unspecified atom stereocenters. The molecule has 0 bridgehead atoms. The number of methoxy groups -OCH3 is 1. The lowest BCUT2D eigenvalue weighted by molar-refractivity contribution is -0.274. The molecule has 6 heteroatoms. The molecule has 0 spiro atoms. The zero-order valence-electron chi connectivity index (χ0n) is 10.4. The summed E-state index contributed by atoms with van der Waals surface area (Å²) in [6, 6.07) is 10.6. The smallest absolute Gasteiger partial charge is 0.496 e. The second-order valence-electron chi connectivity index (χ2n) is 3.86. The number of hydrogen-bond donors (Lipinski definition) is 0. The van der Waals surface area contributed by atoms with E-state index in [4.69, 9.17) is 16.3 Å². The van der Waals surface area contributed by atoms with Crippen molar-refractivity contribution in [1.82, 2.24) is 0 Å². The molecule has 0 aliphatic heterocycles. The van der Waals surface area contributed by atoms with Gasteiger partial charge in [0.15, 0.2) is 0 Å². The minimum Gasteiger partial charge on any atom is -0.496 e. The Bertz CT molecular complexity index is 612. The highest BCUT2D eigenvalue weighted by atomic mass is 35.5. The van der Waals surface area contributed by atoms with E-state index in [1.807, 2.05) is 0 Å². The number of rotatable bonds is 3. The standard InChI is InChI=1S/C14H10ClF3O2/c1-19-12-8-4-6-10(15)13(12)9-5-2-3-7-11(9)20-14(16,17)18/h2-8H,1H3. The second-order valence-corrected chi connectivity index (χ2v) is 4.27. The van der Waals surface area contributed by atoms with Crippen molar-refractivity contribution in [3.63, 3.8) is 0 Å². The summed E-state index contributed by atoms with van der Waals surface area (Å²) >= 11 is 6.07. The third-order valence-corrected chi connectivity index (χ3v) is 2.89. The van der Waals surface area contributed by atoms with Crippen LogP contribution in [-0.4, -0.2) is 13.5 Å². The number of para-hydroxylation sites is 1. The molecule has 0 saturated heterocycles. The molecule has 0 aliphatic carbocycles. The van der Waals surface area contributed by atoms with Crippen LogP contribution in [0.4, 0.5) is 13.2 Å². The van der Waals surface area contributed by atoms with Crippen LogP contribution in [-0.2, 0) is 0 Å². The first-order valence-electron chi connectivity index (χ1n) is 5.60. The molecule has 2 nitrogen and oxygen atoms in total. The molecule has 0 aliphatic rings. The SMILES string of the molecule is COc1cccc(Cl)c1-c1ccccc1OC(F)(F)F. The van der Waals surface area contributed by atoms with Crippen LogP contribution in [0.3, 0.4) is 0 Å². The minimum absolute atomic E-state index is 0.215. The lowest BCUT2D eigenvalue weighted by Gasteiger charge is -2.16. The maximum Gasteiger partial charge on any atom is 0.573 e. The molecule has 0 atom stereocenters. The summed E-state index contributed by atoms with van der Waals surface area (Å²) in [5, 5.41) is 0.280. The average molecular weight is 303 g/mol. The first kappa shape index (κ1) is 14.5. The maximum atomic E-state index is 12.4. The maximum absolute atomic E-state index is 12.4. The summed E-state index contributed by atoms with van der Waals surface area (Å²) in [4.78, 5) is 0. The van der Waals surface area contributed by atoms with Gasteiger partial charge in [0.2, 0.25) is 0 Å². The van der Waals surface area contributed by atoms with Crippen LogP contribution in [0.2, 0.25) is 5.02 Å². The minimum atomic E-state index is -4.77. The number of alkyl halides is 3. The van der Waals surface area contributed by atoms with Crippen LogP contribution in [0.5, 0.6) is 11.5 Å². The fourth-order valence-electron chi connectivity index (χ4n) is 1.82. The molecule has 106 valence electrons. The predicted octanol–water partition coefficient (Wildman–Crippen LogP) is 4.91. The summed E-state index contributed by atoms with van der Waals surface area (Å²) in [5.74, 6) is 0.0436. The monoisotopic (exact) mass is 302 g/mol. The van der Waals surface area contributed by atoms with Gasteiger partial charge in [0.05, 0.1) is 12.1 Å². The van der Waals surface area contributed by atoms with E-state index in [-0.39, 0.29) is 16.3 Å². The van der Waals surface area contributed by atoms with Crippen molar-refractivity contribution in [3.05, 3.63) is 47.5 Å². The topological polar surface area (TPSA) is 18.5 Å². The Labute approximate surface area is 118 Å². The highest BCUT2D eigenvalue weighted by Gasteiger charge is 2.32. The van der Waals surface area contributed by atoms with Crippen molar-refractivity contribution in [2.75, 3.05) is 7.11 Å². The second kappa shape index (κ2) is 5.63. The Kier molecular flexibility index (Phi) is 4.09. The van der Waals surface area contributed by atoms with Crippen molar-refractivity contribution >= 4 is 11.6 Å². The largest absolute Gasteiger partial charge is 0.573 e. The van der Waals surface area contributed by atoms with Crippen molar-refractivity contribution in [1.29, 1.82) is 0 Å². The van der Waals surface area contributed by atoms with Gasteiger partial charge in [-0.3, -0.25) is 0 Å². The molecule has 0 N–H and O–H groups in total. The Morgan fingerprint density at radius 3 is 2.25 bits per heavy atom. The molecule has 2 aromatic rings. The van der Waals surface area contributed by atoms with Gasteiger partial charge in [-0.2, -0.15) is 0 Å². The van der Waals surface area contributed by atoms with Crippen LogP contribution in [0.25, 0.3) is 11.1 Å². The molecule has 0 fully saturated rings. The van der Waals surface area contributed by atoms with Crippen LogP contribution in [0.15, 0.2) is 42.5 Å². The highest BCUT2D eigenvalue weighted by Crippen LogP contribution is 2.42. The average Bonchev–Trinajstić information content (AvgIpc) is 2.37. The van der Waals surface area contributed by atoms with Gasteiger partial charge in [-0.1, -0.05) is 35.9 Å². The van der Waals surface area contributed by atoms with E-state index in [2.05, 4.69) is 4.74 Å². The van der Waals surface area contributed by atoms with Crippen LogP contribution >= 0.6 is 11.6 Å². The van der Waals surface area contributed by atoms with E-state index in [1.165, 1.54) is 25.3 Å². The third kappa shape index (κ3) is 3.17. The van der Waals surface area contributed by atoms with Crippen molar-refractivity contribution < 1.29 is 22.6 Å². The normalized spacial score (nSPS) is 11.2. The van der Waals surface area contributed by atoms with E-state index >= 15 is 0 Å². The van der Waals surface area contributed by atoms with Crippen molar-refractivity contribution in [2.45, 2.75) is 6.36 Å². The number of ether oxygens (including phenoxy) is 2. The molecule has 0 radical (unpaired) electrons. The molecule has 2 aromatic carbocycles. The van der Waals surface area contributed by atoms with Crippen LogP contribution in [0.1, 0.15) is 0 Å². The van der Waals surface area contributed by atoms with Gasteiger partial charge in [0.25, 0.3) is 0 Å². The molecule has 0 heterocycles. The van der Waals surface area contributed by atoms with Crippen LogP contribution in [0, 0.1) is 0 Å². The first-order chi connectivity index (χ1) is 9.42. The Morgan fingerprint density at radius 1 is 0.950 bits per heavy atom. The fourth-order valence-corrected chi connectivity index (χ4v) is 2.09. The van der Waals surface area contributed by atoms with Gasteiger partial charge in [-0.15, -0.1) is 13.2 Å². The molecular formula is C14H10ClF3O2. The van der Waals surface area contributed by atoms with Crippen molar-refractivity contribution in [3.8, 4) is 22.6 Å². The Hall–Kier alpha value is -1.88. The Balaban J connectivity index is 2.59. The fraction of sp³-hybridized carbons (Fsp3) is 0.143. The van der Waals surface area contributed by atoms with E-state index < -0.39 is 6.36 Å². The van der Waals surface area contributed by atoms with Gasteiger partial charge >= 0.3 is 6.36 Å². The zero-order valence-corrected chi connectivity index (χ0v) is 11.1. The number of benzene rings is 2. The number of hydrogen-bond acceptors (Lipinski definition) is 2. The summed E-state index contributed by atoms with van der Waals surface area (Å²) in [6.45, 7) is 0. The van der Waals surface area contributed by atoms with E-state index in [9.17, 15) is 13.2 Å². The summed E-state index contributed by atoms with van der Waals surface area (Å²) in [7, 11) is 1.42. The molecule has 0 amide bonds. The van der Waals surface area contributed by atoms with E-state index in [0.717, 1.165) is 0 Å². The third-order valence-electron chi connectivity index (χ3n) is 2.58. The van der Waals surface area contributed by atoms with Gasteiger partial charge < -0.3 is 9.47 Å². The van der Waals surface area contributed by atoms with Gasteiger partial charge in [-0.05, 0) is 18.2 Å². The molecule has 2 rings (SSSR count). The van der Waals surface area contributed by atoms with Crippen LogP contribution < -0.4 is 9.47 Å². The highest BCUT2D eigenvalue weighted by molar-refractivity contribution is 6.33. The predicted molar refractivity (Wildman–Crippen MR) is 70.1 cm³/mol. The lowest BCUT2D eigenvalue weighted by Crippen LogP contribution is -2.17. The van der Waals surface area contributed by atoms with E-state index in [0.29, 0.717) is 11.3 Å². The Morgan fingerprint density at radius 2 is 1.60 bits per heavy atom. The van der Waals surface area contributed by atoms with Gasteiger partial charge in [0.1, 0.15) is 11.5 Å². The first-order valence-corrected chi connectivity index (χ1v) is 5.98. The lowest BCUT2D eigenvalue weighted by atomic mass is 10.0. The quantitative estimate of drug-likeness (QED) is 0.801. The van der Waals surface area contributed by atoms with Gasteiger partial charge in [0, 0.05) is 11.1 Å². The summed E-state index contributed by atoms with van der Waals surface area (Å²) < 4.78 is 46.5. The van der Waals surface area contributed by atoms with E-state index in [1.54, 1.807) is 24.3 Å². The zero-order chi connectivity index (χ0) is 14.8. The summed E-state index contributed by atoms with van der Waals surface area (Å²) in [5.41, 5.74) is 0.573. The molecule has 0 saturated carbocycles. The molecular weight excluding hydrogens is 293 g/mol. The number of halogens is 4.